The molecule has 0 aliphatic rings. The molecular formula is C8H8F3N. The zero-order valence-electron chi connectivity index (χ0n) is 6.47. The molecule has 0 radical (unpaired) electrons. The lowest BCUT2D eigenvalue weighted by Crippen LogP contribution is -2.29. The zero-order chi connectivity index (χ0) is 9.19. The van der Waals surface area contributed by atoms with Crippen molar-refractivity contribution in [3.8, 4) is 0 Å². The van der Waals surface area contributed by atoms with E-state index in [4.69, 9.17) is 0 Å². The molecule has 66 valence electrons. The summed E-state index contributed by atoms with van der Waals surface area (Å²) < 4.78 is 37.9. The van der Waals surface area contributed by atoms with E-state index in [-0.39, 0.29) is 5.56 Å². The summed E-state index contributed by atoms with van der Waals surface area (Å²) in [4.78, 5) is 0. The average molecular weight is 175 g/mol. The second-order valence-electron chi connectivity index (χ2n) is 2.38. The molecular weight excluding hydrogens is 167 g/mol. The standard InChI is InChI=1S/C8H8F3N/c1-12(11)8(9,10)7-5-3-2-4-6-7/h2-6H,1H3. The summed E-state index contributed by atoms with van der Waals surface area (Å²) in [6, 6.07) is 3.28. The molecule has 0 fully saturated rings. The third-order valence-electron chi connectivity index (χ3n) is 1.51. The molecule has 1 aromatic carbocycles. The van der Waals surface area contributed by atoms with Crippen molar-refractivity contribution < 1.29 is 13.3 Å². The van der Waals surface area contributed by atoms with Gasteiger partial charge in [-0.1, -0.05) is 35.5 Å². The third kappa shape index (κ3) is 1.58. The number of alkyl halides is 2. The van der Waals surface area contributed by atoms with Crippen LogP contribution in [-0.2, 0) is 6.05 Å². The maximum Gasteiger partial charge on any atom is 0.356 e. The normalized spacial score (nSPS) is 12.1. The van der Waals surface area contributed by atoms with Gasteiger partial charge in [0.15, 0.2) is 0 Å². The Morgan fingerprint density at radius 1 is 1.17 bits per heavy atom. The van der Waals surface area contributed by atoms with Crippen LogP contribution in [0.5, 0.6) is 0 Å². The predicted molar refractivity (Wildman–Crippen MR) is 39.2 cm³/mol. The lowest BCUT2D eigenvalue weighted by atomic mass is 10.2. The van der Waals surface area contributed by atoms with Gasteiger partial charge in [-0.05, 0) is 0 Å². The molecule has 0 saturated carbocycles. The molecule has 0 aliphatic carbocycles. The fourth-order valence-corrected chi connectivity index (χ4v) is 0.817. The van der Waals surface area contributed by atoms with Crippen LogP contribution < -0.4 is 0 Å². The fourth-order valence-electron chi connectivity index (χ4n) is 0.817. The van der Waals surface area contributed by atoms with Crippen LogP contribution in [0.1, 0.15) is 5.56 Å². The Morgan fingerprint density at radius 3 is 2.08 bits per heavy atom. The van der Waals surface area contributed by atoms with Gasteiger partial charge >= 0.3 is 6.05 Å². The highest BCUT2D eigenvalue weighted by Crippen LogP contribution is 2.30. The van der Waals surface area contributed by atoms with E-state index in [0.717, 1.165) is 0 Å². The summed E-state index contributed by atoms with van der Waals surface area (Å²) in [6.07, 6.45) is 0. The Bertz CT molecular complexity index is 246. The maximum atomic E-state index is 12.8. The van der Waals surface area contributed by atoms with Crippen LogP contribution in [0, 0.1) is 0 Å². The Kier molecular flexibility index (Phi) is 2.38. The van der Waals surface area contributed by atoms with E-state index < -0.39 is 11.2 Å². The summed E-state index contributed by atoms with van der Waals surface area (Å²) in [5.41, 5.74) is -0.352. The quantitative estimate of drug-likeness (QED) is 0.493. The van der Waals surface area contributed by atoms with Crippen LogP contribution in [0.3, 0.4) is 0 Å². The molecule has 0 heterocycles. The van der Waals surface area contributed by atoms with E-state index in [2.05, 4.69) is 0 Å². The summed E-state index contributed by atoms with van der Waals surface area (Å²) >= 11 is 0. The molecule has 1 aromatic rings. The summed E-state index contributed by atoms with van der Waals surface area (Å²) in [5, 5.41) is -0.609. The molecule has 0 N–H and O–H groups in total. The van der Waals surface area contributed by atoms with Gasteiger partial charge in [-0.2, -0.15) is 8.78 Å². The molecule has 12 heavy (non-hydrogen) atoms. The highest BCUT2D eigenvalue weighted by Gasteiger charge is 2.37. The average Bonchev–Trinajstić information content (AvgIpc) is 2.06. The molecule has 1 nitrogen and oxygen atoms in total. The Labute approximate surface area is 68.4 Å². The Hall–Kier alpha value is -1.03. The molecule has 1 rings (SSSR count). The largest absolute Gasteiger partial charge is 0.356 e. The van der Waals surface area contributed by atoms with Crippen molar-refractivity contribution in [2.45, 2.75) is 6.05 Å². The number of rotatable bonds is 2. The zero-order valence-corrected chi connectivity index (χ0v) is 6.47. The van der Waals surface area contributed by atoms with E-state index in [9.17, 15) is 13.3 Å². The van der Waals surface area contributed by atoms with Crippen molar-refractivity contribution in [1.29, 1.82) is 0 Å². The lowest BCUT2D eigenvalue weighted by Gasteiger charge is -2.19. The van der Waals surface area contributed by atoms with E-state index >= 15 is 0 Å². The molecule has 0 aliphatic heterocycles. The van der Waals surface area contributed by atoms with Crippen molar-refractivity contribution in [3.63, 3.8) is 0 Å². The van der Waals surface area contributed by atoms with E-state index in [0.29, 0.717) is 7.05 Å². The van der Waals surface area contributed by atoms with Gasteiger partial charge in [-0.25, -0.2) is 0 Å². The fraction of sp³-hybridized carbons (Fsp3) is 0.250. The van der Waals surface area contributed by atoms with Gasteiger partial charge in [0, 0.05) is 12.6 Å². The monoisotopic (exact) mass is 175 g/mol. The van der Waals surface area contributed by atoms with E-state index in [1.165, 1.54) is 24.3 Å². The molecule has 0 bridgehead atoms. The van der Waals surface area contributed by atoms with Crippen molar-refractivity contribution >= 4 is 0 Å². The van der Waals surface area contributed by atoms with E-state index in [1.54, 1.807) is 6.07 Å². The van der Waals surface area contributed by atoms with Gasteiger partial charge in [0.1, 0.15) is 0 Å². The van der Waals surface area contributed by atoms with Crippen LogP contribution >= 0.6 is 0 Å². The van der Waals surface area contributed by atoms with Gasteiger partial charge in [-0.3, -0.25) is 0 Å². The first kappa shape index (κ1) is 9.06. The lowest BCUT2D eigenvalue weighted by molar-refractivity contribution is -0.229. The third-order valence-corrected chi connectivity index (χ3v) is 1.51. The second kappa shape index (κ2) is 3.15. The minimum atomic E-state index is -3.54. The van der Waals surface area contributed by atoms with Crippen molar-refractivity contribution in [2.24, 2.45) is 0 Å². The number of nitrogens with zero attached hydrogens (tertiary/aromatic N) is 1. The first-order chi connectivity index (χ1) is 5.55. The van der Waals surface area contributed by atoms with Gasteiger partial charge < -0.3 is 0 Å². The maximum absolute atomic E-state index is 12.8. The van der Waals surface area contributed by atoms with Crippen LogP contribution in [-0.4, -0.2) is 12.2 Å². The number of hydrogen-bond acceptors (Lipinski definition) is 1. The molecule has 0 saturated heterocycles. The van der Waals surface area contributed by atoms with Crippen LogP contribution in [0.4, 0.5) is 13.3 Å². The van der Waals surface area contributed by atoms with E-state index in [1.807, 2.05) is 0 Å². The van der Waals surface area contributed by atoms with Crippen molar-refractivity contribution in [2.75, 3.05) is 7.05 Å². The van der Waals surface area contributed by atoms with Gasteiger partial charge in [0.25, 0.3) is 0 Å². The summed E-state index contributed by atoms with van der Waals surface area (Å²) in [5.74, 6) is 0. The molecule has 0 amide bonds. The van der Waals surface area contributed by atoms with Crippen LogP contribution in [0.2, 0.25) is 0 Å². The highest BCUT2D eigenvalue weighted by molar-refractivity contribution is 5.18. The number of benzene rings is 1. The topological polar surface area (TPSA) is 3.24 Å². The van der Waals surface area contributed by atoms with Crippen LogP contribution in [0.25, 0.3) is 0 Å². The minimum absolute atomic E-state index is 0.352. The Balaban J connectivity index is 2.98. The first-order valence-corrected chi connectivity index (χ1v) is 3.38. The molecule has 0 spiro atoms. The minimum Gasteiger partial charge on any atom is -0.181 e. The van der Waals surface area contributed by atoms with Gasteiger partial charge in [-0.15, -0.1) is 4.48 Å². The molecule has 0 unspecified atom stereocenters. The van der Waals surface area contributed by atoms with Crippen molar-refractivity contribution in [3.05, 3.63) is 35.9 Å². The highest BCUT2D eigenvalue weighted by atomic mass is 19.3. The molecule has 4 heteroatoms. The molecule has 0 aromatic heterocycles. The van der Waals surface area contributed by atoms with Gasteiger partial charge in [0.2, 0.25) is 0 Å². The molecule has 0 atom stereocenters. The van der Waals surface area contributed by atoms with Crippen LogP contribution in [0.15, 0.2) is 30.3 Å². The van der Waals surface area contributed by atoms with Gasteiger partial charge in [0.05, 0.1) is 0 Å². The first-order valence-electron chi connectivity index (χ1n) is 3.38. The summed E-state index contributed by atoms with van der Waals surface area (Å²) in [7, 11) is 0.688. The Morgan fingerprint density at radius 2 is 1.67 bits per heavy atom. The SMILES string of the molecule is CN(F)C(F)(F)c1ccccc1. The summed E-state index contributed by atoms with van der Waals surface area (Å²) in [6.45, 7) is 0. The van der Waals surface area contributed by atoms with Crippen molar-refractivity contribution in [1.82, 2.24) is 5.12 Å². The second-order valence-corrected chi connectivity index (χ2v) is 2.38. The smallest absolute Gasteiger partial charge is 0.181 e. The predicted octanol–water partition coefficient (Wildman–Crippen LogP) is 2.55. The number of hydrogen-bond donors (Lipinski definition) is 0. The number of halogens is 3.